The number of halogens is 1. The molecule has 0 radical (unpaired) electrons. The maximum absolute atomic E-state index is 13.1. The van der Waals surface area contributed by atoms with Crippen LogP contribution in [-0.4, -0.2) is 37.3 Å². The second-order valence-corrected chi connectivity index (χ2v) is 9.16. The number of hydrogen-bond donors (Lipinski definition) is 0. The van der Waals surface area contributed by atoms with Gasteiger partial charge >= 0.3 is 0 Å². The molecule has 5 nitrogen and oxygen atoms in total. The van der Waals surface area contributed by atoms with Crippen molar-refractivity contribution in [2.24, 2.45) is 0 Å². The van der Waals surface area contributed by atoms with Crippen molar-refractivity contribution in [2.75, 3.05) is 25.2 Å². The number of methoxy groups -OCH3 is 1. The van der Waals surface area contributed by atoms with Crippen molar-refractivity contribution in [3.8, 4) is 5.75 Å². The molecule has 0 bridgehead atoms. The summed E-state index contributed by atoms with van der Waals surface area (Å²) in [5.41, 5.74) is 0.861. The van der Waals surface area contributed by atoms with E-state index in [1.807, 2.05) is 30.3 Å². The quantitative estimate of drug-likeness (QED) is 0.574. The van der Waals surface area contributed by atoms with Crippen molar-refractivity contribution in [3.05, 3.63) is 39.5 Å². The van der Waals surface area contributed by atoms with Crippen molar-refractivity contribution >= 4 is 55.5 Å². The summed E-state index contributed by atoms with van der Waals surface area (Å²) in [5.74, 6) is 0.790. The molecule has 1 saturated heterocycles. The Morgan fingerprint density at radius 3 is 2.96 bits per heavy atom. The van der Waals surface area contributed by atoms with E-state index in [1.165, 1.54) is 22.7 Å². The van der Waals surface area contributed by atoms with Crippen molar-refractivity contribution in [2.45, 2.75) is 25.4 Å². The fourth-order valence-electron chi connectivity index (χ4n) is 3.10. The molecule has 0 N–H and O–H groups in total. The zero-order chi connectivity index (χ0) is 18.8. The summed E-state index contributed by atoms with van der Waals surface area (Å²) in [7, 11) is 1.64. The third kappa shape index (κ3) is 4.27. The van der Waals surface area contributed by atoms with Gasteiger partial charge in [0.2, 0.25) is 5.91 Å². The van der Waals surface area contributed by atoms with Crippen LogP contribution in [0.2, 0.25) is 4.34 Å². The Bertz CT molecular complexity index is 949. The maximum atomic E-state index is 13.1. The first-order valence-electron chi connectivity index (χ1n) is 8.73. The first kappa shape index (κ1) is 18.7. The molecule has 3 heterocycles. The number of amides is 1. The molecule has 8 heteroatoms. The minimum atomic E-state index is 0.00929. The molecule has 142 valence electrons. The number of hydrogen-bond acceptors (Lipinski definition) is 6. The largest absolute Gasteiger partial charge is 0.497 e. The molecule has 0 spiro atoms. The summed E-state index contributed by atoms with van der Waals surface area (Å²) >= 11 is 8.94. The van der Waals surface area contributed by atoms with Gasteiger partial charge < -0.3 is 9.47 Å². The number of thiophene rings is 1. The Labute approximate surface area is 170 Å². The molecule has 1 fully saturated rings. The molecule has 1 aliphatic rings. The molecule has 2 aromatic heterocycles. The highest BCUT2D eigenvalue weighted by atomic mass is 35.5. The predicted molar refractivity (Wildman–Crippen MR) is 111 cm³/mol. The predicted octanol–water partition coefficient (Wildman–Crippen LogP) is 4.77. The van der Waals surface area contributed by atoms with E-state index in [0.29, 0.717) is 22.4 Å². The minimum Gasteiger partial charge on any atom is -0.497 e. The molecular formula is C19H19ClN2O3S2. The van der Waals surface area contributed by atoms with Gasteiger partial charge in [-0.25, -0.2) is 4.98 Å². The van der Waals surface area contributed by atoms with Gasteiger partial charge in [-0.1, -0.05) is 22.9 Å². The van der Waals surface area contributed by atoms with E-state index >= 15 is 0 Å². The first-order chi connectivity index (χ1) is 13.1. The number of aromatic nitrogens is 1. The molecule has 3 aromatic rings. The molecule has 0 aliphatic carbocycles. The number of benzene rings is 1. The van der Waals surface area contributed by atoms with Gasteiger partial charge in [0.1, 0.15) is 5.75 Å². The van der Waals surface area contributed by atoms with E-state index in [2.05, 4.69) is 4.98 Å². The van der Waals surface area contributed by atoms with Crippen LogP contribution in [0.4, 0.5) is 5.13 Å². The lowest BCUT2D eigenvalue weighted by molar-refractivity contribution is -0.118. The van der Waals surface area contributed by atoms with Gasteiger partial charge in [0.05, 0.1) is 40.7 Å². The van der Waals surface area contributed by atoms with Gasteiger partial charge in [-0.3, -0.25) is 9.69 Å². The topological polar surface area (TPSA) is 51.7 Å². The molecule has 0 saturated carbocycles. The van der Waals surface area contributed by atoms with Crippen LogP contribution in [0.5, 0.6) is 5.75 Å². The normalized spacial score (nSPS) is 16.7. The second kappa shape index (κ2) is 8.14. The van der Waals surface area contributed by atoms with Crippen LogP contribution < -0.4 is 9.64 Å². The van der Waals surface area contributed by atoms with Gasteiger partial charge in [-0.15, -0.1) is 11.3 Å². The van der Waals surface area contributed by atoms with E-state index in [1.54, 1.807) is 12.0 Å². The number of rotatable bonds is 6. The smallest absolute Gasteiger partial charge is 0.234 e. The average molecular weight is 423 g/mol. The molecular weight excluding hydrogens is 404 g/mol. The summed E-state index contributed by atoms with van der Waals surface area (Å²) in [5, 5.41) is 0.696. The molecule has 1 unspecified atom stereocenters. The lowest BCUT2D eigenvalue weighted by atomic mass is 10.2. The third-order valence-corrected chi connectivity index (χ3v) is 6.75. The number of carbonyl (C=O) groups excluding carboxylic acids is 1. The van der Waals surface area contributed by atoms with Gasteiger partial charge in [0, 0.05) is 11.5 Å². The highest BCUT2D eigenvalue weighted by Crippen LogP contribution is 2.33. The number of fused-ring (bicyclic) bond motifs is 1. The van der Waals surface area contributed by atoms with E-state index in [9.17, 15) is 4.79 Å². The Kier molecular flexibility index (Phi) is 5.63. The van der Waals surface area contributed by atoms with Crippen LogP contribution in [-0.2, 0) is 16.0 Å². The number of ether oxygens (including phenoxy) is 2. The van der Waals surface area contributed by atoms with Crippen LogP contribution in [0.3, 0.4) is 0 Å². The van der Waals surface area contributed by atoms with Crippen LogP contribution in [0.25, 0.3) is 10.2 Å². The van der Waals surface area contributed by atoms with Crippen molar-refractivity contribution in [3.63, 3.8) is 0 Å². The van der Waals surface area contributed by atoms with Crippen molar-refractivity contribution < 1.29 is 14.3 Å². The van der Waals surface area contributed by atoms with E-state index < -0.39 is 0 Å². The summed E-state index contributed by atoms with van der Waals surface area (Å²) in [6, 6.07) is 9.47. The number of anilines is 1. The lowest BCUT2D eigenvalue weighted by Gasteiger charge is -2.22. The van der Waals surface area contributed by atoms with Gasteiger partial charge in [-0.2, -0.15) is 0 Å². The summed E-state index contributed by atoms with van der Waals surface area (Å²) in [4.78, 5) is 20.5. The highest BCUT2D eigenvalue weighted by molar-refractivity contribution is 7.22. The SMILES string of the molecule is COc1ccc2nc(N(CC3CCCO3)C(=O)Cc3ccc(Cl)s3)sc2c1. The van der Waals surface area contributed by atoms with Crippen molar-refractivity contribution in [1.82, 2.24) is 4.98 Å². The van der Waals surface area contributed by atoms with Crippen LogP contribution in [0, 0.1) is 0 Å². The minimum absolute atomic E-state index is 0.00929. The zero-order valence-corrected chi connectivity index (χ0v) is 17.2. The Hall–Kier alpha value is -1.67. The summed E-state index contributed by atoms with van der Waals surface area (Å²) in [6.45, 7) is 1.28. The highest BCUT2D eigenvalue weighted by Gasteiger charge is 2.26. The van der Waals surface area contributed by atoms with Crippen LogP contribution >= 0.6 is 34.3 Å². The van der Waals surface area contributed by atoms with Gasteiger partial charge in [0.15, 0.2) is 5.13 Å². The zero-order valence-electron chi connectivity index (χ0n) is 14.8. The monoisotopic (exact) mass is 422 g/mol. The lowest BCUT2D eigenvalue weighted by Crippen LogP contribution is -2.38. The first-order valence-corrected chi connectivity index (χ1v) is 10.7. The second-order valence-electron chi connectivity index (χ2n) is 6.35. The van der Waals surface area contributed by atoms with Crippen LogP contribution in [0.15, 0.2) is 30.3 Å². The number of nitrogens with zero attached hydrogens (tertiary/aromatic N) is 2. The molecule has 1 aliphatic heterocycles. The van der Waals surface area contributed by atoms with Gasteiger partial charge in [-0.05, 0) is 43.2 Å². The number of carbonyl (C=O) groups is 1. The van der Waals surface area contributed by atoms with E-state index in [0.717, 1.165) is 40.3 Å². The molecule has 27 heavy (non-hydrogen) atoms. The standard InChI is InChI=1S/C19H19ClN2O3S2/c1-24-12-4-6-15-16(9-12)27-19(21-15)22(11-13-3-2-8-25-13)18(23)10-14-5-7-17(20)26-14/h4-7,9,13H,2-3,8,10-11H2,1H3. The Morgan fingerprint density at radius 1 is 1.37 bits per heavy atom. The summed E-state index contributed by atoms with van der Waals surface area (Å²) in [6.07, 6.45) is 2.36. The van der Waals surface area contributed by atoms with E-state index in [4.69, 9.17) is 21.1 Å². The fraction of sp³-hybridized carbons (Fsp3) is 0.368. The van der Waals surface area contributed by atoms with E-state index in [-0.39, 0.29) is 12.0 Å². The molecule has 1 amide bonds. The average Bonchev–Trinajstić information content (AvgIpc) is 3.39. The van der Waals surface area contributed by atoms with Crippen LogP contribution in [0.1, 0.15) is 17.7 Å². The molecule has 4 rings (SSSR count). The Balaban J connectivity index is 1.62. The fourth-order valence-corrected chi connectivity index (χ4v) is 5.20. The third-order valence-electron chi connectivity index (χ3n) is 4.48. The molecule has 1 aromatic carbocycles. The molecule has 1 atom stereocenters. The summed E-state index contributed by atoms with van der Waals surface area (Å²) < 4.78 is 12.7. The van der Waals surface area contributed by atoms with Gasteiger partial charge in [0.25, 0.3) is 0 Å². The number of thiazole rings is 1. The maximum Gasteiger partial charge on any atom is 0.234 e. The Morgan fingerprint density at radius 2 is 2.26 bits per heavy atom. The van der Waals surface area contributed by atoms with Crippen molar-refractivity contribution in [1.29, 1.82) is 0 Å².